The van der Waals surface area contributed by atoms with Gasteiger partial charge >= 0.3 is 0 Å². The highest BCUT2D eigenvalue weighted by Crippen LogP contribution is 2.17. The molecular weight excluding hydrogens is 248 g/mol. The Morgan fingerprint density at radius 1 is 1.15 bits per heavy atom. The third-order valence-electron chi connectivity index (χ3n) is 3.64. The molecule has 0 aliphatic heterocycles. The van der Waals surface area contributed by atoms with E-state index in [0.29, 0.717) is 5.92 Å². The molecule has 2 N–H and O–H groups in total. The average molecular weight is 276 g/mol. The van der Waals surface area contributed by atoms with Crippen LogP contribution in [0.1, 0.15) is 42.5 Å². The van der Waals surface area contributed by atoms with Crippen LogP contribution in [0.5, 0.6) is 0 Å². The van der Waals surface area contributed by atoms with E-state index in [1.165, 1.54) is 22.3 Å². The van der Waals surface area contributed by atoms with Crippen molar-refractivity contribution in [2.45, 2.75) is 53.6 Å². The fourth-order valence-corrected chi connectivity index (χ4v) is 2.64. The number of rotatable bonds is 6. The summed E-state index contributed by atoms with van der Waals surface area (Å²) >= 11 is 0. The molecule has 0 heterocycles. The van der Waals surface area contributed by atoms with E-state index in [0.717, 1.165) is 13.0 Å². The number of hydrogen-bond donors (Lipinski definition) is 2. The van der Waals surface area contributed by atoms with E-state index in [2.05, 4.69) is 57.4 Å². The van der Waals surface area contributed by atoms with Crippen molar-refractivity contribution in [3.05, 3.63) is 34.4 Å². The van der Waals surface area contributed by atoms with Gasteiger partial charge < -0.3 is 10.6 Å². The molecule has 0 radical (unpaired) electrons. The zero-order chi connectivity index (χ0) is 15.3. The Balaban J connectivity index is 2.79. The molecule has 1 amide bonds. The third-order valence-corrected chi connectivity index (χ3v) is 3.64. The second-order valence-corrected chi connectivity index (χ2v) is 6.05. The monoisotopic (exact) mass is 276 g/mol. The predicted octanol–water partition coefficient (Wildman–Crippen LogP) is 2.86. The Hall–Kier alpha value is -1.35. The second-order valence-electron chi connectivity index (χ2n) is 6.05. The van der Waals surface area contributed by atoms with Gasteiger partial charge in [-0.3, -0.25) is 4.79 Å². The Kier molecular flexibility index (Phi) is 6.21. The molecule has 0 saturated heterocycles. The van der Waals surface area contributed by atoms with Gasteiger partial charge in [-0.05, 0) is 49.8 Å². The zero-order valence-electron chi connectivity index (χ0n) is 13.6. The first-order valence-electron chi connectivity index (χ1n) is 7.36. The largest absolute Gasteiger partial charge is 0.358 e. The first-order chi connectivity index (χ1) is 9.35. The van der Waals surface area contributed by atoms with Gasteiger partial charge in [0.15, 0.2) is 0 Å². The number of carbonyl (C=O) groups is 1. The zero-order valence-corrected chi connectivity index (χ0v) is 13.6. The van der Waals surface area contributed by atoms with Crippen molar-refractivity contribution in [3.63, 3.8) is 0 Å². The topological polar surface area (TPSA) is 41.1 Å². The molecule has 0 spiro atoms. The number of carbonyl (C=O) groups excluding carboxylic acids is 1. The molecule has 0 bridgehead atoms. The number of aryl methyl sites for hydroxylation is 3. The molecular formula is C17H28N2O. The van der Waals surface area contributed by atoms with Gasteiger partial charge in [0.1, 0.15) is 0 Å². The molecule has 0 aromatic heterocycles. The molecule has 1 unspecified atom stereocenters. The lowest BCUT2D eigenvalue weighted by atomic mass is 9.98. The Morgan fingerprint density at radius 2 is 1.70 bits per heavy atom. The lowest BCUT2D eigenvalue weighted by molar-refractivity contribution is -0.123. The minimum Gasteiger partial charge on any atom is -0.358 e. The first-order valence-corrected chi connectivity index (χ1v) is 7.36. The second kappa shape index (κ2) is 7.44. The van der Waals surface area contributed by atoms with Crippen molar-refractivity contribution >= 4 is 5.91 Å². The summed E-state index contributed by atoms with van der Waals surface area (Å²) in [5.41, 5.74) is 5.16. The molecule has 0 aliphatic carbocycles. The van der Waals surface area contributed by atoms with Gasteiger partial charge in [-0.1, -0.05) is 31.5 Å². The van der Waals surface area contributed by atoms with Gasteiger partial charge in [-0.25, -0.2) is 0 Å². The van der Waals surface area contributed by atoms with Crippen LogP contribution < -0.4 is 10.6 Å². The van der Waals surface area contributed by atoms with Gasteiger partial charge in [0, 0.05) is 13.6 Å². The minimum absolute atomic E-state index is 0.0705. The lowest BCUT2D eigenvalue weighted by Gasteiger charge is -2.21. The molecule has 112 valence electrons. The molecule has 1 rings (SSSR count). The van der Waals surface area contributed by atoms with E-state index in [-0.39, 0.29) is 11.9 Å². The normalized spacial score (nSPS) is 12.6. The van der Waals surface area contributed by atoms with Crippen LogP contribution in [0, 0.1) is 26.7 Å². The summed E-state index contributed by atoms with van der Waals surface area (Å²) in [6, 6.07) is 4.27. The van der Waals surface area contributed by atoms with Crippen molar-refractivity contribution < 1.29 is 4.79 Å². The van der Waals surface area contributed by atoms with E-state index in [9.17, 15) is 4.79 Å². The number of nitrogens with one attached hydrogen (secondary N) is 2. The fraction of sp³-hybridized carbons (Fsp3) is 0.588. The highest BCUT2D eigenvalue weighted by molar-refractivity contribution is 5.81. The van der Waals surface area contributed by atoms with Gasteiger partial charge in [0.2, 0.25) is 5.91 Å². The van der Waals surface area contributed by atoms with E-state index in [1.807, 2.05) is 0 Å². The number of amides is 1. The summed E-state index contributed by atoms with van der Waals surface area (Å²) in [5, 5.41) is 6.15. The van der Waals surface area contributed by atoms with Crippen molar-refractivity contribution in [1.29, 1.82) is 0 Å². The molecule has 20 heavy (non-hydrogen) atoms. The Labute approximate surface area is 123 Å². The summed E-state index contributed by atoms with van der Waals surface area (Å²) in [6.07, 6.45) is 0.851. The molecule has 1 aromatic carbocycles. The molecule has 1 aromatic rings. The van der Waals surface area contributed by atoms with Crippen LogP contribution in [0.2, 0.25) is 0 Å². The minimum atomic E-state index is -0.125. The van der Waals surface area contributed by atoms with Crippen molar-refractivity contribution in [1.82, 2.24) is 10.6 Å². The van der Waals surface area contributed by atoms with Crippen LogP contribution in [-0.4, -0.2) is 19.0 Å². The van der Waals surface area contributed by atoms with Crippen LogP contribution in [0.4, 0.5) is 0 Å². The molecule has 3 heteroatoms. The molecule has 3 nitrogen and oxygen atoms in total. The molecule has 0 fully saturated rings. The lowest BCUT2D eigenvalue weighted by Crippen LogP contribution is -2.43. The summed E-state index contributed by atoms with van der Waals surface area (Å²) in [4.78, 5) is 11.9. The quantitative estimate of drug-likeness (QED) is 0.839. The van der Waals surface area contributed by atoms with Crippen molar-refractivity contribution in [2.24, 2.45) is 5.92 Å². The Morgan fingerprint density at radius 3 is 2.15 bits per heavy atom. The van der Waals surface area contributed by atoms with E-state index in [1.54, 1.807) is 7.05 Å². The van der Waals surface area contributed by atoms with Gasteiger partial charge in [-0.2, -0.15) is 0 Å². The van der Waals surface area contributed by atoms with E-state index >= 15 is 0 Å². The van der Waals surface area contributed by atoms with E-state index in [4.69, 9.17) is 0 Å². The van der Waals surface area contributed by atoms with Gasteiger partial charge in [0.25, 0.3) is 0 Å². The number of hydrogen-bond acceptors (Lipinski definition) is 2. The standard InChI is InChI=1S/C17H28N2O/c1-11(2)7-16(17(20)18-6)19-10-15-13(4)8-12(3)9-14(15)5/h8-9,11,16,19H,7,10H2,1-6H3,(H,18,20). The highest BCUT2D eigenvalue weighted by Gasteiger charge is 2.18. The number of likely N-dealkylation sites (N-methyl/N-ethyl adjacent to an activating group) is 1. The average Bonchev–Trinajstić information content (AvgIpc) is 2.34. The summed E-state index contributed by atoms with van der Waals surface area (Å²) in [5.74, 6) is 0.561. The van der Waals surface area contributed by atoms with Crippen LogP contribution in [0.25, 0.3) is 0 Å². The van der Waals surface area contributed by atoms with Crippen LogP contribution in [0.3, 0.4) is 0 Å². The summed E-state index contributed by atoms with van der Waals surface area (Å²) in [6.45, 7) is 11.4. The maximum Gasteiger partial charge on any atom is 0.236 e. The van der Waals surface area contributed by atoms with Crippen LogP contribution >= 0.6 is 0 Å². The van der Waals surface area contributed by atoms with Crippen molar-refractivity contribution in [2.75, 3.05) is 7.05 Å². The molecule has 0 saturated carbocycles. The highest BCUT2D eigenvalue weighted by atomic mass is 16.2. The number of benzene rings is 1. The maximum absolute atomic E-state index is 11.9. The first kappa shape index (κ1) is 16.7. The van der Waals surface area contributed by atoms with Gasteiger partial charge in [0.05, 0.1) is 6.04 Å². The van der Waals surface area contributed by atoms with Gasteiger partial charge in [-0.15, -0.1) is 0 Å². The smallest absolute Gasteiger partial charge is 0.236 e. The molecule has 1 atom stereocenters. The molecule has 0 aliphatic rings. The van der Waals surface area contributed by atoms with Crippen molar-refractivity contribution in [3.8, 4) is 0 Å². The van der Waals surface area contributed by atoms with Crippen LogP contribution in [0.15, 0.2) is 12.1 Å². The Bertz CT molecular complexity index is 443. The SMILES string of the molecule is CNC(=O)C(CC(C)C)NCc1c(C)cc(C)cc1C. The summed E-state index contributed by atoms with van der Waals surface area (Å²) in [7, 11) is 1.69. The maximum atomic E-state index is 11.9. The van der Waals surface area contributed by atoms with E-state index < -0.39 is 0 Å². The predicted molar refractivity (Wildman–Crippen MR) is 84.8 cm³/mol. The van der Waals surface area contributed by atoms with Crippen LogP contribution in [-0.2, 0) is 11.3 Å². The third kappa shape index (κ3) is 4.64. The summed E-state index contributed by atoms with van der Waals surface area (Å²) < 4.78 is 0. The fourth-order valence-electron chi connectivity index (χ4n) is 2.64.